The quantitative estimate of drug-likeness (QED) is 0.769. The minimum Gasteiger partial charge on any atom is -0.473 e. The summed E-state index contributed by atoms with van der Waals surface area (Å²) in [6.07, 6.45) is -0.615. The van der Waals surface area contributed by atoms with Crippen molar-refractivity contribution < 1.29 is 9.53 Å². The minimum atomic E-state index is -0.615. The molecule has 1 atom stereocenters. The molecule has 2 aromatic rings. The highest BCUT2D eigenvalue weighted by molar-refractivity contribution is 5.99. The van der Waals surface area contributed by atoms with E-state index in [0.717, 1.165) is 11.1 Å². The zero-order valence-electron chi connectivity index (χ0n) is 10.5. The van der Waals surface area contributed by atoms with E-state index < -0.39 is 6.10 Å². The van der Waals surface area contributed by atoms with Crippen LogP contribution in [0.2, 0.25) is 0 Å². The van der Waals surface area contributed by atoms with Crippen molar-refractivity contribution in [2.45, 2.75) is 13.0 Å². The molecule has 4 nitrogen and oxygen atoms in total. The van der Waals surface area contributed by atoms with E-state index in [1.807, 2.05) is 43.3 Å². The number of rotatable bonds is 1. The SMILES string of the molecule is Cc1cc(N)cc2c1OC(c1ccccc1)C(=O)N2. The Morgan fingerprint density at radius 3 is 2.68 bits per heavy atom. The van der Waals surface area contributed by atoms with Crippen LogP contribution in [0.4, 0.5) is 11.4 Å². The molecule has 0 aromatic heterocycles. The Bertz CT molecular complexity index is 638. The van der Waals surface area contributed by atoms with Gasteiger partial charge >= 0.3 is 0 Å². The van der Waals surface area contributed by atoms with Crippen LogP contribution in [-0.4, -0.2) is 5.91 Å². The zero-order valence-corrected chi connectivity index (χ0v) is 10.5. The minimum absolute atomic E-state index is 0.177. The van der Waals surface area contributed by atoms with Crippen LogP contribution in [0.1, 0.15) is 17.2 Å². The second-order valence-electron chi connectivity index (χ2n) is 4.61. The number of nitrogens with one attached hydrogen (secondary N) is 1. The van der Waals surface area contributed by atoms with Crippen LogP contribution in [-0.2, 0) is 4.79 Å². The lowest BCUT2D eigenvalue weighted by Gasteiger charge is -2.27. The summed E-state index contributed by atoms with van der Waals surface area (Å²) in [6, 6.07) is 13.0. The zero-order chi connectivity index (χ0) is 13.4. The standard InChI is InChI=1S/C15H14N2O2/c1-9-7-11(16)8-12-13(9)19-14(15(18)17-12)10-5-3-2-4-6-10/h2-8,14H,16H2,1H3,(H,17,18). The number of ether oxygens (including phenoxy) is 1. The molecule has 3 N–H and O–H groups in total. The fraction of sp³-hybridized carbons (Fsp3) is 0.133. The lowest BCUT2D eigenvalue weighted by Crippen LogP contribution is -2.30. The van der Waals surface area contributed by atoms with Gasteiger partial charge in [0.1, 0.15) is 5.75 Å². The summed E-state index contributed by atoms with van der Waals surface area (Å²) in [6.45, 7) is 1.91. The second kappa shape index (κ2) is 4.31. The Balaban J connectivity index is 2.03. The van der Waals surface area contributed by atoms with Crippen LogP contribution in [0, 0.1) is 6.92 Å². The van der Waals surface area contributed by atoms with Crippen LogP contribution in [0.25, 0.3) is 0 Å². The van der Waals surface area contributed by atoms with E-state index in [2.05, 4.69) is 5.32 Å². The average Bonchev–Trinajstić information content (AvgIpc) is 2.38. The molecule has 0 bridgehead atoms. The molecule has 1 aliphatic heterocycles. The maximum atomic E-state index is 12.1. The highest BCUT2D eigenvalue weighted by atomic mass is 16.5. The van der Waals surface area contributed by atoms with Crippen molar-refractivity contribution in [1.29, 1.82) is 0 Å². The molecular weight excluding hydrogens is 240 g/mol. The number of carbonyl (C=O) groups excluding carboxylic acids is 1. The average molecular weight is 254 g/mol. The van der Waals surface area contributed by atoms with Gasteiger partial charge in [-0.05, 0) is 24.6 Å². The largest absolute Gasteiger partial charge is 0.473 e. The second-order valence-corrected chi connectivity index (χ2v) is 4.61. The van der Waals surface area contributed by atoms with Crippen molar-refractivity contribution in [2.75, 3.05) is 11.1 Å². The summed E-state index contributed by atoms with van der Waals surface area (Å²) in [5, 5.41) is 2.85. The number of anilines is 2. The first-order chi connectivity index (χ1) is 9.15. The molecule has 1 amide bonds. The Morgan fingerprint density at radius 2 is 1.95 bits per heavy atom. The topological polar surface area (TPSA) is 64.3 Å². The molecule has 19 heavy (non-hydrogen) atoms. The van der Waals surface area contributed by atoms with Crippen molar-refractivity contribution in [2.24, 2.45) is 0 Å². The normalized spacial score (nSPS) is 17.3. The van der Waals surface area contributed by atoms with Gasteiger partial charge in [-0.2, -0.15) is 0 Å². The van der Waals surface area contributed by atoms with Gasteiger partial charge < -0.3 is 15.8 Å². The monoisotopic (exact) mass is 254 g/mol. The van der Waals surface area contributed by atoms with Gasteiger partial charge in [-0.15, -0.1) is 0 Å². The fourth-order valence-corrected chi connectivity index (χ4v) is 2.27. The summed E-state index contributed by atoms with van der Waals surface area (Å²) >= 11 is 0. The van der Waals surface area contributed by atoms with Crippen LogP contribution < -0.4 is 15.8 Å². The molecule has 96 valence electrons. The molecule has 0 aliphatic carbocycles. The van der Waals surface area contributed by atoms with E-state index in [1.165, 1.54) is 0 Å². The van der Waals surface area contributed by atoms with Crippen molar-refractivity contribution in [3.8, 4) is 5.75 Å². The first kappa shape index (κ1) is 11.6. The van der Waals surface area contributed by atoms with Gasteiger partial charge in [-0.25, -0.2) is 0 Å². The number of benzene rings is 2. The Labute approximate surface area is 111 Å². The number of nitrogen functional groups attached to an aromatic ring is 1. The van der Waals surface area contributed by atoms with Crippen LogP contribution in [0.15, 0.2) is 42.5 Å². The van der Waals surface area contributed by atoms with Crippen molar-refractivity contribution in [3.05, 3.63) is 53.6 Å². The van der Waals surface area contributed by atoms with Gasteiger partial charge in [0.2, 0.25) is 6.10 Å². The summed E-state index contributed by atoms with van der Waals surface area (Å²) in [7, 11) is 0. The number of nitrogens with two attached hydrogens (primary N) is 1. The molecule has 1 aliphatic rings. The van der Waals surface area contributed by atoms with Crippen molar-refractivity contribution in [1.82, 2.24) is 0 Å². The van der Waals surface area contributed by atoms with E-state index in [-0.39, 0.29) is 5.91 Å². The number of hydrogen-bond donors (Lipinski definition) is 2. The maximum Gasteiger partial charge on any atom is 0.270 e. The number of aryl methyl sites for hydroxylation is 1. The number of hydrogen-bond acceptors (Lipinski definition) is 3. The van der Waals surface area contributed by atoms with E-state index in [1.54, 1.807) is 6.07 Å². The molecule has 4 heteroatoms. The van der Waals surface area contributed by atoms with E-state index in [0.29, 0.717) is 17.1 Å². The summed E-state index contributed by atoms with van der Waals surface area (Å²) in [5.41, 5.74) is 8.76. The van der Waals surface area contributed by atoms with Gasteiger partial charge in [-0.1, -0.05) is 30.3 Å². The molecule has 0 fully saturated rings. The molecule has 0 spiro atoms. The van der Waals surface area contributed by atoms with Gasteiger partial charge in [0.05, 0.1) is 5.69 Å². The van der Waals surface area contributed by atoms with E-state index >= 15 is 0 Å². The third-order valence-electron chi connectivity index (χ3n) is 3.13. The summed E-state index contributed by atoms with van der Waals surface area (Å²) in [4.78, 5) is 12.1. The van der Waals surface area contributed by atoms with Crippen LogP contribution in [0.5, 0.6) is 5.75 Å². The Morgan fingerprint density at radius 1 is 1.21 bits per heavy atom. The Kier molecular flexibility index (Phi) is 2.63. The predicted octanol–water partition coefficient (Wildman–Crippen LogP) is 2.65. The third-order valence-corrected chi connectivity index (χ3v) is 3.13. The molecule has 0 saturated carbocycles. The van der Waals surface area contributed by atoms with E-state index in [9.17, 15) is 4.79 Å². The molecule has 0 saturated heterocycles. The number of amides is 1. The summed E-state index contributed by atoms with van der Waals surface area (Å²) in [5.74, 6) is 0.506. The maximum absolute atomic E-state index is 12.1. The van der Waals surface area contributed by atoms with E-state index in [4.69, 9.17) is 10.5 Å². The van der Waals surface area contributed by atoms with Crippen molar-refractivity contribution in [3.63, 3.8) is 0 Å². The molecule has 1 unspecified atom stereocenters. The summed E-state index contributed by atoms with van der Waals surface area (Å²) < 4.78 is 5.85. The lowest BCUT2D eigenvalue weighted by atomic mass is 10.1. The first-order valence-corrected chi connectivity index (χ1v) is 6.08. The number of fused-ring (bicyclic) bond motifs is 1. The number of carbonyl (C=O) groups is 1. The third kappa shape index (κ3) is 2.01. The van der Waals surface area contributed by atoms with Crippen molar-refractivity contribution >= 4 is 17.3 Å². The lowest BCUT2D eigenvalue weighted by molar-refractivity contribution is -0.123. The molecular formula is C15H14N2O2. The molecule has 2 aromatic carbocycles. The van der Waals surface area contributed by atoms with Gasteiger partial charge in [0.15, 0.2) is 0 Å². The highest BCUT2D eigenvalue weighted by Crippen LogP contribution is 2.38. The van der Waals surface area contributed by atoms with Gasteiger partial charge in [0, 0.05) is 11.3 Å². The molecule has 1 heterocycles. The van der Waals surface area contributed by atoms with Crippen LogP contribution >= 0.6 is 0 Å². The van der Waals surface area contributed by atoms with Gasteiger partial charge in [0.25, 0.3) is 5.91 Å². The molecule has 0 radical (unpaired) electrons. The first-order valence-electron chi connectivity index (χ1n) is 6.08. The highest BCUT2D eigenvalue weighted by Gasteiger charge is 2.30. The van der Waals surface area contributed by atoms with Crippen LogP contribution in [0.3, 0.4) is 0 Å². The smallest absolute Gasteiger partial charge is 0.270 e. The predicted molar refractivity (Wildman–Crippen MR) is 74.0 cm³/mol. The fourth-order valence-electron chi connectivity index (χ4n) is 2.27. The molecule has 3 rings (SSSR count). The Hall–Kier alpha value is -2.49. The van der Waals surface area contributed by atoms with Gasteiger partial charge in [-0.3, -0.25) is 4.79 Å².